The van der Waals surface area contributed by atoms with Gasteiger partial charge in [-0.3, -0.25) is 4.98 Å². The Morgan fingerprint density at radius 1 is 1.07 bits per heavy atom. The van der Waals surface area contributed by atoms with Gasteiger partial charge in [0.25, 0.3) is 0 Å². The molecular weight excluding hydrogens is 371 g/mol. The van der Waals surface area contributed by atoms with Gasteiger partial charge in [0.05, 0.1) is 23.3 Å². The van der Waals surface area contributed by atoms with Crippen LogP contribution in [-0.2, 0) is 6.54 Å². The molecular formula is C20H21N6OP. The van der Waals surface area contributed by atoms with Crippen LogP contribution in [-0.4, -0.2) is 26.9 Å². The number of aryl methyl sites for hydroxylation is 1. The summed E-state index contributed by atoms with van der Waals surface area (Å²) in [6.45, 7) is 2.65. The van der Waals surface area contributed by atoms with Crippen LogP contribution >= 0.6 is 9.24 Å². The van der Waals surface area contributed by atoms with E-state index in [9.17, 15) is 0 Å². The standard InChI is InChI=1S/C20H21N6OP/c1-12-16-17(20(28)26(12)14-3-5-15(27-2)6-4-14)19(25-24-18(16)21)23-11-13-7-9-22-10-8-13/h3-10H,11,28H2,1-2H3,(H2,21,24)(H,23,25). The molecule has 0 spiro atoms. The van der Waals surface area contributed by atoms with Gasteiger partial charge in [-0.2, -0.15) is 0 Å². The number of pyridine rings is 1. The van der Waals surface area contributed by atoms with Crippen LogP contribution in [0, 0.1) is 6.92 Å². The molecule has 0 saturated heterocycles. The zero-order chi connectivity index (χ0) is 19.7. The molecule has 0 aliphatic carbocycles. The fraction of sp³-hybridized carbons (Fsp3) is 0.150. The first kappa shape index (κ1) is 18.2. The molecule has 142 valence electrons. The number of hydrogen-bond donors (Lipinski definition) is 2. The van der Waals surface area contributed by atoms with Crippen molar-refractivity contribution in [3.8, 4) is 11.4 Å². The minimum absolute atomic E-state index is 0.415. The highest BCUT2D eigenvalue weighted by atomic mass is 31.0. The number of nitrogens with zero attached hydrogens (tertiary/aromatic N) is 4. The molecule has 4 rings (SSSR count). The number of methoxy groups -OCH3 is 1. The first-order valence-electron chi connectivity index (χ1n) is 8.80. The smallest absolute Gasteiger partial charge is 0.159 e. The lowest BCUT2D eigenvalue weighted by Crippen LogP contribution is -2.11. The molecule has 0 radical (unpaired) electrons. The molecule has 0 amide bonds. The van der Waals surface area contributed by atoms with Crippen LogP contribution < -0.4 is 21.2 Å². The summed E-state index contributed by atoms with van der Waals surface area (Å²) in [4.78, 5) is 4.05. The van der Waals surface area contributed by atoms with Gasteiger partial charge in [0.1, 0.15) is 5.75 Å². The Hall–Kier alpha value is -3.18. The van der Waals surface area contributed by atoms with Gasteiger partial charge < -0.3 is 20.4 Å². The molecule has 0 saturated carbocycles. The van der Waals surface area contributed by atoms with Crippen molar-refractivity contribution in [1.29, 1.82) is 0 Å². The minimum atomic E-state index is 0.415. The van der Waals surface area contributed by atoms with E-state index < -0.39 is 0 Å². The fourth-order valence-electron chi connectivity index (χ4n) is 3.34. The number of ether oxygens (including phenoxy) is 1. The Bertz CT molecular complexity index is 1130. The maximum atomic E-state index is 6.19. The van der Waals surface area contributed by atoms with Crippen molar-refractivity contribution in [1.82, 2.24) is 19.7 Å². The van der Waals surface area contributed by atoms with Crippen molar-refractivity contribution in [3.05, 3.63) is 60.0 Å². The fourth-order valence-corrected chi connectivity index (χ4v) is 3.97. The van der Waals surface area contributed by atoms with Crippen molar-refractivity contribution in [2.75, 3.05) is 18.2 Å². The number of benzene rings is 1. The van der Waals surface area contributed by atoms with E-state index in [-0.39, 0.29) is 0 Å². The lowest BCUT2D eigenvalue weighted by Gasteiger charge is -2.10. The van der Waals surface area contributed by atoms with Crippen LogP contribution in [0.2, 0.25) is 0 Å². The molecule has 0 fully saturated rings. The summed E-state index contributed by atoms with van der Waals surface area (Å²) in [7, 11) is 4.47. The molecule has 7 nitrogen and oxygen atoms in total. The van der Waals surface area contributed by atoms with Gasteiger partial charge in [-0.15, -0.1) is 10.2 Å². The van der Waals surface area contributed by atoms with Crippen LogP contribution in [0.15, 0.2) is 48.8 Å². The zero-order valence-electron chi connectivity index (χ0n) is 15.7. The maximum Gasteiger partial charge on any atom is 0.159 e. The SMILES string of the molecule is COc1ccc(-n2c(C)c3c(N)nnc(NCc4ccncc4)c3c2P)cc1. The molecule has 3 N–H and O–H groups in total. The molecule has 8 heteroatoms. The highest BCUT2D eigenvalue weighted by Gasteiger charge is 2.20. The third-order valence-corrected chi connectivity index (χ3v) is 5.28. The van der Waals surface area contributed by atoms with E-state index >= 15 is 0 Å². The zero-order valence-corrected chi connectivity index (χ0v) is 16.8. The van der Waals surface area contributed by atoms with E-state index in [0.29, 0.717) is 18.2 Å². The Balaban J connectivity index is 1.81. The van der Waals surface area contributed by atoms with E-state index in [2.05, 4.69) is 34.3 Å². The molecule has 0 aliphatic rings. The van der Waals surface area contributed by atoms with Crippen LogP contribution in [0.1, 0.15) is 11.3 Å². The molecule has 3 aromatic heterocycles. The first-order valence-corrected chi connectivity index (χ1v) is 9.37. The number of nitrogen functional groups attached to an aromatic ring is 1. The van der Waals surface area contributed by atoms with E-state index in [1.165, 1.54) is 0 Å². The number of hydrogen-bond acceptors (Lipinski definition) is 6. The molecule has 0 aliphatic heterocycles. The van der Waals surface area contributed by atoms with Crippen LogP contribution in [0.25, 0.3) is 16.5 Å². The van der Waals surface area contributed by atoms with Crippen molar-refractivity contribution < 1.29 is 4.74 Å². The lowest BCUT2D eigenvalue weighted by molar-refractivity contribution is 0.415. The monoisotopic (exact) mass is 392 g/mol. The normalized spacial score (nSPS) is 11.0. The molecule has 1 atom stereocenters. The topological polar surface area (TPSA) is 90.9 Å². The number of rotatable bonds is 5. The predicted octanol–water partition coefficient (Wildman–Crippen LogP) is 2.83. The Labute approximate surface area is 165 Å². The number of fused-ring (bicyclic) bond motifs is 1. The summed E-state index contributed by atoms with van der Waals surface area (Å²) in [5, 5.41) is 13.7. The van der Waals surface area contributed by atoms with Crippen molar-refractivity contribution in [3.63, 3.8) is 0 Å². The second kappa shape index (κ2) is 7.44. The second-order valence-electron chi connectivity index (χ2n) is 6.40. The van der Waals surface area contributed by atoms with Crippen molar-refractivity contribution >= 4 is 37.1 Å². The Morgan fingerprint density at radius 2 is 1.79 bits per heavy atom. The first-order chi connectivity index (χ1) is 13.6. The molecule has 1 unspecified atom stereocenters. The molecule has 3 heterocycles. The van der Waals surface area contributed by atoms with Crippen LogP contribution in [0.4, 0.5) is 11.6 Å². The molecule has 28 heavy (non-hydrogen) atoms. The summed E-state index contributed by atoms with van der Waals surface area (Å²) in [5.74, 6) is 1.92. The summed E-state index contributed by atoms with van der Waals surface area (Å²) in [6, 6.07) is 11.8. The van der Waals surface area contributed by atoms with Crippen LogP contribution in [0.5, 0.6) is 5.75 Å². The van der Waals surface area contributed by atoms with Gasteiger partial charge in [-0.05, 0) is 48.9 Å². The van der Waals surface area contributed by atoms with E-state index in [0.717, 1.165) is 38.9 Å². The van der Waals surface area contributed by atoms with E-state index in [1.54, 1.807) is 19.5 Å². The highest BCUT2D eigenvalue weighted by Crippen LogP contribution is 2.32. The average Bonchev–Trinajstić information content (AvgIpc) is 3.00. The third kappa shape index (κ3) is 3.14. The molecule has 1 aromatic carbocycles. The summed E-state index contributed by atoms with van der Waals surface area (Å²) in [5.41, 5.74) is 10.3. The number of nitrogens with one attached hydrogen (secondary N) is 1. The van der Waals surface area contributed by atoms with E-state index in [1.807, 2.05) is 43.3 Å². The minimum Gasteiger partial charge on any atom is -0.497 e. The van der Waals surface area contributed by atoms with Gasteiger partial charge in [0.2, 0.25) is 0 Å². The summed E-state index contributed by atoms with van der Waals surface area (Å²) < 4.78 is 7.40. The molecule has 4 aromatic rings. The van der Waals surface area contributed by atoms with Gasteiger partial charge in [-0.1, -0.05) is 9.24 Å². The summed E-state index contributed by atoms with van der Waals surface area (Å²) >= 11 is 0. The van der Waals surface area contributed by atoms with Crippen molar-refractivity contribution in [2.45, 2.75) is 13.5 Å². The van der Waals surface area contributed by atoms with Gasteiger partial charge in [0.15, 0.2) is 11.6 Å². The van der Waals surface area contributed by atoms with Gasteiger partial charge in [-0.25, -0.2) is 0 Å². The van der Waals surface area contributed by atoms with Gasteiger partial charge >= 0.3 is 0 Å². The summed E-state index contributed by atoms with van der Waals surface area (Å²) in [6.07, 6.45) is 3.54. The Morgan fingerprint density at radius 3 is 2.46 bits per heavy atom. The quantitative estimate of drug-likeness (QED) is 0.508. The highest BCUT2D eigenvalue weighted by molar-refractivity contribution is 7.28. The van der Waals surface area contributed by atoms with Crippen LogP contribution in [0.3, 0.4) is 0 Å². The second-order valence-corrected chi connectivity index (χ2v) is 6.94. The largest absolute Gasteiger partial charge is 0.497 e. The number of nitrogens with two attached hydrogens (primary N) is 1. The number of anilines is 2. The maximum absolute atomic E-state index is 6.19. The Kier molecular flexibility index (Phi) is 4.84. The van der Waals surface area contributed by atoms with Crippen molar-refractivity contribution in [2.24, 2.45) is 0 Å². The third-order valence-electron chi connectivity index (χ3n) is 4.73. The predicted molar refractivity (Wildman–Crippen MR) is 115 cm³/mol. The lowest BCUT2D eigenvalue weighted by atomic mass is 10.2. The average molecular weight is 392 g/mol. The number of aromatic nitrogens is 4. The molecule has 0 bridgehead atoms. The van der Waals surface area contributed by atoms with E-state index in [4.69, 9.17) is 10.5 Å². The van der Waals surface area contributed by atoms with Gasteiger partial charge in [0, 0.05) is 30.3 Å².